The fourth-order valence-electron chi connectivity index (χ4n) is 3.40. The third kappa shape index (κ3) is 2.82. The van der Waals surface area contributed by atoms with Gasteiger partial charge in [-0.3, -0.25) is 4.79 Å². The minimum atomic E-state index is 0.206. The zero-order chi connectivity index (χ0) is 17.7. The Kier molecular flexibility index (Phi) is 3.63. The van der Waals surface area contributed by atoms with Gasteiger partial charge in [0.2, 0.25) is 0 Å². The smallest absolute Gasteiger partial charge is 0.199 e. The second-order valence-corrected chi connectivity index (χ2v) is 7.20. The maximum absolute atomic E-state index is 12.3. The predicted octanol–water partition coefficient (Wildman–Crippen LogP) is 2.72. The van der Waals surface area contributed by atoms with E-state index in [1.54, 1.807) is 4.52 Å². The lowest BCUT2D eigenvalue weighted by molar-refractivity contribution is -0.119. The molecule has 0 spiro atoms. The first-order chi connectivity index (χ1) is 12.7. The third-order valence-corrected chi connectivity index (χ3v) is 5.04. The van der Waals surface area contributed by atoms with Crippen molar-refractivity contribution in [2.24, 2.45) is 5.92 Å². The van der Waals surface area contributed by atoms with Gasteiger partial charge in [0.05, 0.1) is 12.3 Å². The molecular weight excluding hydrogens is 332 g/mol. The van der Waals surface area contributed by atoms with Gasteiger partial charge in [-0.1, -0.05) is 0 Å². The molecule has 3 aromatic heterocycles. The number of carbonyl (C=O) groups is 1. The standard InChI is InChI=1S/C19H20N4O3/c1-11-2-5-16(26-11)19-20-14(8-15(24)12-3-4-12)9-17-21-18(22-23(17)19)13-6-7-25-10-13/h2,5,9,12-13H,3-4,6-8,10H2,1H3. The number of rotatable bonds is 5. The number of nitrogens with zero attached hydrogens (tertiary/aromatic N) is 4. The van der Waals surface area contributed by atoms with E-state index in [1.807, 2.05) is 25.1 Å². The summed E-state index contributed by atoms with van der Waals surface area (Å²) in [4.78, 5) is 21.6. The number of hydrogen-bond acceptors (Lipinski definition) is 6. The average Bonchev–Trinajstić information content (AvgIpc) is 3.00. The normalized spacial score (nSPS) is 20.1. The highest BCUT2D eigenvalue weighted by Gasteiger charge is 2.30. The number of ketones is 1. The van der Waals surface area contributed by atoms with Crippen LogP contribution in [0.25, 0.3) is 17.2 Å². The van der Waals surface area contributed by atoms with Crippen LogP contribution in [0, 0.1) is 12.8 Å². The Hall–Kier alpha value is -2.54. The SMILES string of the molecule is Cc1ccc(-c2nc(CC(=O)C3CC3)cc3nc(C4CCOC4)nn23)o1. The van der Waals surface area contributed by atoms with Crippen molar-refractivity contribution in [1.82, 2.24) is 19.6 Å². The second kappa shape index (κ2) is 6.02. The summed E-state index contributed by atoms with van der Waals surface area (Å²) in [5.74, 6) is 3.47. The van der Waals surface area contributed by atoms with Gasteiger partial charge in [0.25, 0.3) is 0 Å². The molecule has 7 nitrogen and oxygen atoms in total. The van der Waals surface area contributed by atoms with Crippen LogP contribution in [0.5, 0.6) is 0 Å². The van der Waals surface area contributed by atoms with Crippen LogP contribution in [0.4, 0.5) is 0 Å². The van der Waals surface area contributed by atoms with Gasteiger partial charge < -0.3 is 9.15 Å². The minimum Gasteiger partial charge on any atom is -0.458 e. The highest BCUT2D eigenvalue weighted by molar-refractivity contribution is 5.85. The van der Waals surface area contributed by atoms with E-state index in [9.17, 15) is 4.79 Å². The van der Waals surface area contributed by atoms with E-state index in [4.69, 9.17) is 14.1 Å². The Labute approximate surface area is 150 Å². The highest BCUT2D eigenvalue weighted by atomic mass is 16.5. The van der Waals surface area contributed by atoms with E-state index < -0.39 is 0 Å². The molecule has 3 aromatic rings. The molecule has 26 heavy (non-hydrogen) atoms. The average molecular weight is 352 g/mol. The first-order valence-corrected chi connectivity index (χ1v) is 9.11. The lowest BCUT2D eigenvalue weighted by Crippen LogP contribution is -2.09. The molecule has 1 saturated carbocycles. The van der Waals surface area contributed by atoms with Crippen LogP contribution in [0.3, 0.4) is 0 Å². The number of ether oxygens (including phenoxy) is 1. The van der Waals surface area contributed by atoms with E-state index in [0.29, 0.717) is 30.3 Å². The Morgan fingerprint density at radius 3 is 2.85 bits per heavy atom. The van der Waals surface area contributed by atoms with E-state index in [0.717, 1.165) is 43.1 Å². The van der Waals surface area contributed by atoms with Gasteiger partial charge >= 0.3 is 0 Å². The molecule has 0 aromatic carbocycles. The number of hydrogen-bond donors (Lipinski definition) is 0. The number of furan rings is 1. The molecule has 2 fully saturated rings. The number of carbonyl (C=O) groups excluding carboxylic acids is 1. The van der Waals surface area contributed by atoms with Crippen molar-refractivity contribution < 1.29 is 13.9 Å². The Morgan fingerprint density at radius 1 is 1.27 bits per heavy atom. The molecule has 2 aliphatic rings. The van der Waals surface area contributed by atoms with E-state index >= 15 is 0 Å². The van der Waals surface area contributed by atoms with Crippen LogP contribution in [0.1, 0.15) is 42.5 Å². The minimum absolute atomic E-state index is 0.206. The third-order valence-electron chi connectivity index (χ3n) is 5.04. The van der Waals surface area contributed by atoms with Crippen LogP contribution in [-0.4, -0.2) is 38.6 Å². The molecule has 0 amide bonds. The largest absolute Gasteiger partial charge is 0.458 e. The molecule has 1 atom stereocenters. The number of aromatic nitrogens is 4. The summed E-state index contributed by atoms with van der Waals surface area (Å²) in [6, 6.07) is 5.64. The fourth-order valence-corrected chi connectivity index (χ4v) is 3.40. The Bertz CT molecular complexity index is 980. The van der Waals surface area contributed by atoms with E-state index in [2.05, 4.69) is 10.1 Å². The zero-order valence-electron chi connectivity index (χ0n) is 14.6. The van der Waals surface area contributed by atoms with Crippen molar-refractivity contribution >= 4 is 11.4 Å². The van der Waals surface area contributed by atoms with Crippen LogP contribution >= 0.6 is 0 Å². The van der Waals surface area contributed by atoms with Gasteiger partial charge in [0.15, 0.2) is 23.1 Å². The van der Waals surface area contributed by atoms with Gasteiger partial charge in [-0.05, 0) is 38.3 Å². The summed E-state index contributed by atoms with van der Waals surface area (Å²) in [5.41, 5.74) is 1.42. The molecular formula is C19H20N4O3. The summed E-state index contributed by atoms with van der Waals surface area (Å²) in [6.45, 7) is 3.28. The summed E-state index contributed by atoms with van der Waals surface area (Å²) < 4.78 is 13.0. The first-order valence-electron chi connectivity index (χ1n) is 9.11. The van der Waals surface area contributed by atoms with Crippen LogP contribution in [-0.2, 0) is 16.0 Å². The van der Waals surface area contributed by atoms with Gasteiger partial charge in [-0.15, -0.1) is 5.10 Å². The van der Waals surface area contributed by atoms with Crippen LogP contribution in [0.15, 0.2) is 22.6 Å². The summed E-state index contributed by atoms with van der Waals surface area (Å²) in [5, 5.41) is 4.67. The summed E-state index contributed by atoms with van der Waals surface area (Å²) in [6.07, 6.45) is 3.26. The molecule has 134 valence electrons. The second-order valence-electron chi connectivity index (χ2n) is 7.20. The maximum Gasteiger partial charge on any atom is 0.199 e. The predicted molar refractivity (Wildman–Crippen MR) is 92.8 cm³/mol. The van der Waals surface area contributed by atoms with Crippen molar-refractivity contribution in [2.75, 3.05) is 13.2 Å². The molecule has 1 aliphatic carbocycles. The summed E-state index contributed by atoms with van der Waals surface area (Å²) in [7, 11) is 0. The number of fused-ring (bicyclic) bond motifs is 1. The van der Waals surface area contributed by atoms with Crippen molar-refractivity contribution in [1.29, 1.82) is 0 Å². The fraction of sp³-hybridized carbons (Fsp3) is 0.474. The van der Waals surface area contributed by atoms with Gasteiger partial charge in [0.1, 0.15) is 11.5 Å². The summed E-state index contributed by atoms with van der Waals surface area (Å²) >= 11 is 0. The van der Waals surface area contributed by atoms with Gasteiger partial charge in [-0.25, -0.2) is 9.97 Å². The van der Waals surface area contributed by atoms with Crippen molar-refractivity contribution in [3.05, 3.63) is 35.5 Å². The molecule has 0 radical (unpaired) electrons. The molecule has 1 unspecified atom stereocenters. The van der Waals surface area contributed by atoms with Crippen LogP contribution < -0.4 is 0 Å². The quantitative estimate of drug-likeness (QED) is 0.702. The molecule has 0 bridgehead atoms. The molecule has 4 heterocycles. The van der Waals surface area contributed by atoms with Crippen molar-refractivity contribution in [3.8, 4) is 11.6 Å². The topological polar surface area (TPSA) is 82.5 Å². The lowest BCUT2D eigenvalue weighted by atomic mass is 10.1. The van der Waals surface area contributed by atoms with Crippen molar-refractivity contribution in [2.45, 2.75) is 38.5 Å². The number of aryl methyl sites for hydroxylation is 1. The van der Waals surface area contributed by atoms with Gasteiger partial charge in [-0.2, -0.15) is 4.52 Å². The zero-order valence-corrected chi connectivity index (χ0v) is 14.6. The highest BCUT2D eigenvalue weighted by Crippen LogP contribution is 2.31. The Balaban J connectivity index is 1.60. The first kappa shape index (κ1) is 15.7. The lowest BCUT2D eigenvalue weighted by Gasteiger charge is -2.05. The van der Waals surface area contributed by atoms with E-state index in [1.165, 1.54) is 0 Å². The molecule has 1 saturated heterocycles. The van der Waals surface area contributed by atoms with E-state index in [-0.39, 0.29) is 17.6 Å². The Morgan fingerprint density at radius 2 is 2.15 bits per heavy atom. The molecule has 7 heteroatoms. The molecule has 0 N–H and O–H groups in total. The van der Waals surface area contributed by atoms with Gasteiger partial charge in [0, 0.05) is 30.9 Å². The molecule has 5 rings (SSSR count). The number of Topliss-reactive ketones (excluding diaryl/α,β-unsaturated/α-hetero) is 1. The van der Waals surface area contributed by atoms with Crippen molar-refractivity contribution in [3.63, 3.8) is 0 Å². The molecule has 1 aliphatic heterocycles. The van der Waals surface area contributed by atoms with Crippen LogP contribution in [0.2, 0.25) is 0 Å². The monoisotopic (exact) mass is 352 g/mol. The maximum atomic E-state index is 12.3.